The van der Waals surface area contributed by atoms with Crippen molar-refractivity contribution in [2.75, 3.05) is 19.6 Å². The predicted octanol–water partition coefficient (Wildman–Crippen LogP) is 1.23. The van der Waals surface area contributed by atoms with Crippen LogP contribution in [0.5, 0.6) is 0 Å². The highest BCUT2D eigenvalue weighted by Gasteiger charge is 2.13. The van der Waals surface area contributed by atoms with Gasteiger partial charge in [0.25, 0.3) is 0 Å². The minimum atomic E-state index is 0.122. The van der Waals surface area contributed by atoms with E-state index in [9.17, 15) is 4.79 Å². The molecule has 0 unspecified atom stereocenters. The van der Waals surface area contributed by atoms with E-state index in [4.69, 9.17) is 0 Å². The number of rotatable bonds is 3. The Morgan fingerprint density at radius 1 is 1.45 bits per heavy atom. The van der Waals surface area contributed by atoms with Crippen LogP contribution in [0.2, 0.25) is 0 Å². The molecule has 1 rings (SSSR count). The summed E-state index contributed by atoms with van der Waals surface area (Å²) in [5.74, 6) is 0.122. The normalized spacial score (nSPS) is 18.6. The van der Waals surface area contributed by atoms with Gasteiger partial charge in [-0.3, -0.25) is 9.69 Å². The number of carbonyl (C=O) groups is 1. The zero-order valence-electron chi connectivity index (χ0n) is 7.10. The lowest BCUT2D eigenvalue weighted by molar-refractivity contribution is -0.113. The minimum Gasteiger partial charge on any atom is -0.299 e. The van der Waals surface area contributed by atoms with Gasteiger partial charge >= 0.3 is 0 Å². The molecule has 0 saturated carbocycles. The van der Waals surface area contributed by atoms with Gasteiger partial charge in [0, 0.05) is 12.1 Å². The van der Waals surface area contributed by atoms with Crippen molar-refractivity contribution in [3.63, 3.8) is 0 Å². The van der Waals surface area contributed by atoms with E-state index in [1.807, 2.05) is 0 Å². The molecule has 0 radical (unpaired) electrons. The van der Waals surface area contributed by atoms with Crippen LogP contribution < -0.4 is 0 Å². The molecule has 0 amide bonds. The van der Waals surface area contributed by atoms with Gasteiger partial charge in [-0.15, -0.1) is 0 Å². The molecule has 1 heterocycles. The zero-order chi connectivity index (χ0) is 8.27. The molecule has 0 aromatic carbocycles. The molecule has 1 aliphatic rings. The number of likely N-dealkylation sites (tertiary alicyclic amines) is 1. The van der Waals surface area contributed by atoms with E-state index in [1.54, 1.807) is 6.92 Å². The van der Waals surface area contributed by atoms with Crippen molar-refractivity contribution >= 4 is 5.78 Å². The van der Waals surface area contributed by atoms with Crippen molar-refractivity contribution < 1.29 is 4.79 Å². The maximum Gasteiger partial charge on any atom is 0.156 e. The van der Waals surface area contributed by atoms with Gasteiger partial charge in [-0.05, 0) is 32.9 Å². The van der Waals surface area contributed by atoms with E-state index < -0.39 is 0 Å². The second-order valence-electron chi connectivity index (χ2n) is 3.14. The standard InChI is InChI=1S/C9H15NO/c1-8(9(2)11)7-10-5-3-4-6-10/h1,3-7H2,2H3. The highest BCUT2D eigenvalue weighted by molar-refractivity contribution is 5.92. The summed E-state index contributed by atoms with van der Waals surface area (Å²) in [6.45, 7) is 8.34. The molecule has 0 spiro atoms. The molecule has 0 aromatic heterocycles. The minimum absolute atomic E-state index is 0.122. The van der Waals surface area contributed by atoms with Crippen LogP contribution in [0.3, 0.4) is 0 Å². The van der Waals surface area contributed by atoms with Crippen LogP contribution in [-0.2, 0) is 4.79 Å². The first kappa shape index (κ1) is 8.47. The second-order valence-corrected chi connectivity index (χ2v) is 3.14. The Bertz CT molecular complexity index is 168. The molecular weight excluding hydrogens is 138 g/mol. The molecule has 62 valence electrons. The molecule has 0 atom stereocenters. The summed E-state index contributed by atoms with van der Waals surface area (Å²) in [5.41, 5.74) is 0.743. The zero-order valence-corrected chi connectivity index (χ0v) is 7.10. The van der Waals surface area contributed by atoms with Crippen LogP contribution in [0, 0.1) is 0 Å². The van der Waals surface area contributed by atoms with Crippen LogP contribution in [0.15, 0.2) is 12.2 Å². The monoisotopic (exact) mass is 153 g/mol. The number of nitrogens with zero attached hydrogens (tertiary/aromatic N) is 1. The third-order valence-corrected chi connectivity index (χ3v) is 2.11. The van der Waals surface area contributed by atoms with Gasteiger partial charge < -0.3 is 0 Å². The van der Waals surface area contributed by atoms with Crippen molar-refractivity contribution in [1.82, 2.24) is 4.90 Å². The topological polar surface area (TPSA) is 20.3 Å². The fourth-order valence-corrected chi connectivity index (χ4v) is 1.32. The SMILES string of the molecule is C=C(CN1CCCC1)C(C)=O. The lowest BCUT2D eigenvalue weighted by atomic mass is 10.2. The predicted molar refractivity (Wildman–Crippen MR) is 45.5 cm³/mol. The lowest BCUT2D eigenvalue weighted by Gasteiger charge is -2.14. The molecular formula is C9H15NO. The quantitative estimate of drug-likeness (QED) is 0.568. The Kier molecular flexibility index (Phi) is 2.83. The van der Waals surface area contributed by atoms with E-state index in [0.717, 1.165) is 25.2 Å². The van der Waals surface area contributed by atoms with Crippen molar-refractivity contribution in [2.24, 2.45) is 0 Å². The number of hydrogen-bond donors (Lipinski definition) is 0. The smallest absolute Gasteiger partial charge is 0.156 e. The summed E-state index contributed by atoms with van der Waals surface area (Å²) in [7, 11) is 0. The summed E-state index contributed by atoms with van der Waals surface area (Å²) >= 11 is 0. The Morgan fingerprint density at radius 3 is 2.45 bits per heavy atom. The molecule has 1 fully saturated rings. The maximum absolute atomic E-state index is 10.8. The molecule has 1 aliphatic heterocycles. The Balaban J connectivity index is 2.29. The first-order chi connectivity index (χ1) is 5.20. The van der Waals surface area contributed by atoms with Crippen LogP contribution in [0.1, 0.15) is 19.8 Å². The van der Waals surface area contributed by atoms with E-state index in [0.29, 0.717) is 0 Å². The molecule has 2 nitrogen and oxygen atoms in total. The lowest BCUT2D eigenvalue weighted by Crippen LogP contribution is -2.23. The van der Waals surface area contributed by atoms with Gasteiger partial charge in [0.1, 0.15) is 0 Å². The number of ketones is 1. The van der Waals surface area contributed by atoms with E-state index in [2.05, 4.69) is 11.5 Å². The number of carbonyl (C=O) groups excluding carboxylic acids is 1. The van der Waals surface area contributed by atoms with Gasteiger partial charge in [0.05, 0.1) is 0 Å². The Labute approximate surface area is 67.9 Å². The molecule has 2 heteroatoms. The van der Waals surface area contributed by atoms with E-state index in [-0.39, 0.29) is 5.78 Å². The molecule has 0 aliphatic carbocycles. The molecule has 0 aromatic rings. The van der Waals surface area contributed by atoms with Gasteiger partial charge in [-0.1, -0.05) is 6.58 Å². The van der Waals surface area contributed by atoms with Gasteiger partial charge in [0.15, 0.2) is 5.78 Å². The highest BCUT2D eigenvalue weighted by atomic mass is 16.1. The van der Waals surface area contributed by atoms with Gasteiger partial charge in [-0.2, -0.15) is 0 Å². The van der Waals surface area contributed by atoms with Crippen LogP contribution in [-0.4, -0.2) is 30.3 Å². The summed E-state index contributed by atoms with van der Waals surface area (Å²) < 4.78 is 0. The first-order valence-electron chi connectivity index (χ1n) is 4.11. The largest absolute Gasteiger partial charge is 0.299 e. The molecule has 0 N–H and O–H groups in total. The summed E-state index contributed by atoms with van der Waals surface area (Å²) in [6.07, 6.45) is 2.54. The molecule has 11 heavy (non-hydrogen) atoms. The third-order valence-electron chi connectivity index (χ3n) is 2.11. The fourth-order valence-electron chi connectivity index (χ4n) is 1.32. The first-order valence-corrected chi connectivity index (χ1v) is 4.11. The summed E-state index contributed by atoms with van der Waals surface area (Å²) in [5, 5.41) is 0. The fraction of sp³-hybridized carbons (Fsp3) is 0.667. The van der Waals surface area contributed by atoms with E-state index >= 15 is 0 Å². The highest BCUT2D eigenvalue weighted by Crippen LogP contribution is 2.09. The second kappa shape index (κ2) is 3.67. The van der Waals surface area contributed by atoms with Gasteiger partial charge in [0.2, 0.25) is 0 Å². The number of Topliss-reactive ketones (excluding diaryl/α,β-unsaturated/α-hetero) is 1. The summed E-state index contributed by atoms with van der Waals surface area (Å²) in [6, 6.07) is 0. The van der Waals surface area contributed by atoms with Crippen LogP contribution in [0.4, 0.5) is 0 Å². The van der Waals surface area contributed by atoms with Crippen molar-refractivity contribution in [3.8, 4) is 0 Å². The average Bonchev–Trinajstić information content (AvgIpc) is 2.39. The average molecular weight is 153 g/mol. The Morgan fingerprint density at radius 2 is 2.00 bits per heavy atom. The summed E-state index contributed by atoms with van der Waals surface area (Å²) in [4.78, 5) is 13.1. The van der Waals surface area contributed by atoms with Crippen molar-refractivity contribution in [3.05, 3.63) is 12.2 Å². The van der Waals surface area contributed by atoms with Crippen LogP contribution >= 0.6 is 0 Å². The Hall–Kier alpha value is -0.630. The van der Waals surface area contributed by atoms with Crippen LogP contribution in [0.25, 0.3) is 0 Å². The molecule has 0 bridgehead atoms. The van der Waals surface area contributed by atoms with Crippen molar-refractivity contribution in [1.29, 1.82) is 0 Å². The molecule has 1 saturated heterocycles. The maximum atomic E-state index is 10.8. The van der Waals surface area contributed by atoms with Crippen molar-refractivity contribution in [2.45, 2.75) is 19.8 Å². The van der Waals surface area contributed by atoms with Gasteiger partial charge in [-0.25, -0.2) is 0 Å². The van der Waals surface area contributed by atoms with E-state index in [1.165, 1.54) is 12.8 Å². The third kappa shape index (κ3) is 2.46. The number of hydrogen-bond acceptors (Lipinski definition) is 2.